The molecule has 0 aliphatic heterocycles. The topological polar surface area (TPSA) is 0 Å². The van der Waals surface area contributed by atoms with Gasteiger partial charge in [0.2, 0.25) is 0 Å². The standard InChI is InChI=1S/C27H31B/c1-3-5-17-27(28,18-6-4-2)26-20-24(22-13-9-7-10-14-22)19-25(21-26)23-15-11-8-12-16-23/h7-16,19-21H,3-6,17-18H2,1-2H3. The fourth-order valence-electron chi connectivity index (χ4n) is 3.91. The second-order valence-electron chi connectivity index (χ2n) is 7.89. The Bertz CT molecular complexity index is 786. The zero-order chi connectivity index (χ0) is 19.8. The predicted octanol–water partition coefficient (Wildman–Crippen LogP) is 7.76. The number of rotatable bonds is 9. The van der Waals surface area contributed by atoms with E-state index in [0.29, 0.717) is 0 Å². The van der Waals surface area contributed by atoms with E-state index in [1.807, 2.05) is 0 Å². The molecule has 1 heteroatoms. The van der Waals surface area contributed by atoms with E-state index in [2.05, 4.69) is 92.7 Å². The molecule has 0 fully saturated rings. The Morgan fingerprint density at radius 1 is 0.607 bits per heavy atom. The van der Waals surface area contributed by atoms with Crippen LogP contribution in [0.3, 0.4) is 0 Å². The second kappa shape index (κ2) is 9.78. The molecule has 2 radical (unpaired) electrons. The van der Waals surface area contributed by atoms with Crippen molar-refractivity contribution in [1.29, 1.82) is 0 Å². The highest BCUT2D eigenvalue weighted by atomic mass is 14.3. The van der Waals surface area contributed by atoms with Crippen LogP contribution in [-0.2, 0) is 5.31 Å². The molecule has 3 aromatic carbocycles. The van der Waals surface area contributed by atoms with Gasteiger partial charge in [-0.25, -0.2) is 0 Å². The van der Waals surface area contributed by atoms with Crippen molar-refractivity contribution >= 4 is 7.85 Å². The minimum atomic E-state index is -0.264. The Kier molecular flexibility index (Phi) is 7.15. The minimum Gasteiger partial charge on any atom is -0.0654 e. The van der Waals surface area contributed by atoms with Crippen LogP contribution >= 0.6 is 0 Å². The summed E-state index contributed by atoms with van der Waals surface area (Å²) in [6, 6.07) is 28.3. The molecular formula is C27H31B. The fourth-order valence-corrected chi connectivity index (χ4v) is 3.91. The summed E-state index contributed by atoms with van der Waals surface area (Å²) >= 11 is 0. The molecule has 0 aliphatic carbocycles. The van der Waals surface area contributed by atoms with Gasteiger partial charge in [0.25, 0.3) is 0 Å². The van der Waals surface area contributed by atoms with E-state index < -0.39 is 0 Å². The van der Waals surface area contributed by atoms with Gasteiger partial charge < -0.3 is 0 Å². The molecular weight excluding hydrogens is 335 g/mol. The van der Waals surface area contributed by atoms with Crippen LogP contribution in [0.15, 0.2) is 78.9 Å². The molecule has 0 nitrogen and oxygen atoms in total. The zero-order valence-electron chi connectivity index (χ0n) is 17.3. The molecule has 0 heterocycles. The SMILES string of the molecule is [B]C(CCCC)(CCCC)c1cc(-c2ccccc2)cc(-c2ccccc2)c1. The Morgan fingerprint density at radius 2 is 1.04 bits per heavy atom. The molecule has 3 aromatic rings. The van der Waals surface area contributed by atoms with Crippen LogP contribution in [0, 0.1) is 0 Å². The van der Waals surface area contributed by atoms with Crippen molar-refractivity contribution in [1.82, 2.24) is 0 Å². The Balaban J connectivity index is 2.13. The molecule has 142 valence electrons. The van der Waals surface area contributed by atoms with E-state index in [9.17, 15) is 0 Å². The number of hydrogen-bond donors (Lipinski definition) is 0. The fraction of sp³-hybridized carbons (Fsp3) is 0.333. The molecule has 0 bridgehead atoms. The van der Waals surface area contributed by atoms with Gasteiger partial charge >= 0.3 is 0 Å². The Hall–Kier alpha value is -2.28. The van der Waals surface area contributed by atoms with Crippen molar-refractivity contribution in [2.45, 2.75) is 57.7 Å². The largest absolute Gasteiger partial charge is 0.0810 e. The summed E-state index contributed by atoms with van der Waals surface area (Å²) < 4.78 is 0. The number of benzene rings is 3. The third kappa shape index (κ3) is 4.96. The lowest BCUT2D eigenvalue weighted by Gasteiger charge is -2.32. The molecule has 0 saturated heterocycles. The van der Waals surface area contributed by atoms with Crippen molar-refractivity contribution in [2.24, 2.45) is 0 Å². The Labute approximate surface area is 172 Å². The molecule has 0 spiro atoms. The van der Waals surface area contributed by atoms with Crippen LogP contribution in [-0.4, -0.2) is 7.85 Å². The Morgan fingerprint density at radius 3 is 1.43 bits per heavy atom. The third-order valence-corrected chi connectivity index (χ3v) is 5.68. The van der Waals surface area contributed by atoms with E-state index in [1.165, 1.54) is 40.7 Å². The first kappa shape index (κ1) is 20.5. The van der Waals surface area contributed by atoms with Gasteiger partial charge in [0.05, 0.1) is 7.85 Å². The van der Waals surface area contributed by atoms with Crippen molar-refractivity contribution < 1.29 is 0 Å². The van der Waals surface area contributed by atoms with Crippen molar-refractivity contribution in [3.8, 4) is 22.3 Å². The highest BCUT2D eigenvalue weighted by Crippen LogP contribution is 2.37. The van der Waals surface area contributed by atoms with Gasteiger partial charge in [-0.15, -0.1) is 0 Å². The lowest BCUT2D eigenvalue weighted by molar-refractivity contribution is 0.470. The second-order valence-corrected chi connectivity index (χ2v) is 7.89. The van der Waals surface area contributed by atoms with Gasteiger partial charge in [0.15, 0.2) is 0 Å². The van der Waals surface area contributed by atoms with Gasteiger partial charge in [-0.1, -0.05) is 125 Å². The lowest BCUT2D eigenvalue weighted by Crippen LogP contribution is -2.27. The first-order valence-electron chi connectivity index (χ1n) is 10.7. The molecule has 0 N–H and O–H groups in total. The minimum absolute atomic E-state index is 0.264. The third-order valence-electron chi connectivity index (χ3n) is 5.68. The maximum Gasteiger partial charge on any atom is 0.0810 e. The van der Waals surface area contributed by atoms with Crippen LogP contribution in [0.25, 0.3) is 22.3 Å². The average molecular weight is 366 g/mol. The van der Waals surface area contributed by atoms with Crippen LogP contribution in [0.1, 0.15) is 57.9 Å². The number of unbranched alkanes of at least 4 members (excludes halogenated alkanes) is 2. The number of hydrogen-bond acceptors (Lipinski definition) is 0. The monoisotopic (exact) mass is 366 g/mol. The summed E-state index contributed by atoms with van der Waals surface area (Å²) in [7, 11) is 7.09. The maximum absolute atomic E-state index is 7.09. The van der Waals surface area contributed by atoms with Gasteiger partial charge in [0, 0.05) is 0 Å². The van der Waals surface area contributed by atoms with Crippen molar-refractivity contribution in [2.75, 3.05) is 0 Å². The molecule has 0 aromatic heterocycles. The zero-order valence-corrected chi connectivity index (χ0v) is 17.3. The van der Waals surface area contributed by atoms with Crippen molar-refractivity contribution in [3.05, 3.63) is 84.4 Å². The van der Waals surface area contributed by atoms with Crippen molar-refractivity contribution in [3.63, 3.8) is 0 Å². The van der Waals surface area contributed by atoms with Crippen LogP contribution in [0.5, 0.6) is 0 Å². The highest BCUT2D eigenvalue weighted by molar-refractivity contribution is 6.16. The summed E-state index contributed by atoms with van der Waals surface area (Å²) in [6.45, 7) is 4.49. The van der Waals surface area contributed by atoms with E-state index in [0.717, 1.165) is 25.7 Å². The van der Waals surface area contributed by atoms with Crippen LogP contribution in [0.4, 0.5) is 0 Å². The quantitative estimate of drug-likeness (QED) is 0.339. The summed E-state index contributed by atoms with van der Waals surface area (Å²) in [5.74, 6) is 0. The van der Waals surface area contributed by atoms with E-state index >= 15 is 0 Å². The maximum atomic E-state index is 7.09. The van der Waals surface area contributed by atoms with Crippen LogP contribution < -0.4 is 0 Å². The van der Waals surface area contributed by atoms with Gasteiger partial charge in [-0.2, -0.15) is 0 Å². The first-order chi connectivity index (χ1) is 13.7. The lowest BCUT2D eigenvalue weighted by atomic mass is 9.58. The van der Waals surface area contributed by atoms with E-state index in [1.54, 1.807) is 0 Å². The summed E-state index contributed by atoms with van der Waals surface area (Å²) in [5, 5.41) is -0.264. The molecule has 0 aliphatic rings. The van der Waals surface area contributed by atoms with Crippen LogP contribution in [0.2, 0.25) is 0 Å². The molecule has 28 heavy (non-hydrogen) atoms. The molecule has 0 unspecified atom stereocenters. The van der Waals surface area contributed by atoms with E-state index in [4.69, 9.17) is 7.85 Å². The summed E-state index contributed by atoms with van der Waals surface area (Å²) in [4.78, 5) is 0. The first-order valence-corrected chi connectivity index (χ1v) is 10.7. The molecule has 3 rings (SSSR count). The van der Waals surface area contributed by atoms with Gasteiger partial charge in [0.1, 0.15) is 0 Å². The highest BCUT2D eigenvalue weighted by Gasteiger charge is 2.26. The molecule has 0 amide bonds. The smallest absolute Gasteiger partial charge is 0.0654 e. The predicted molar refractivity (Wildman–Crippen MR) is 124 cm³/mol. The molecule has 0 saturated carbocycles. The summed E-state index contributed by atoms with van der Waals surface area (Å²) in [6.07, 6.45) is 6.75. The molecule has 0 atom stereocenters. The summed E-state index contributed by atoms with van der Waals surface area (Å²) in [5.41, 5.74) is 6.26. The van der Waals surface area contributed by atoms with E-state index in [-0.39, 0.29) is 5.31 Å². The van der Waals surface area contributed by atoms with Gasteiger partial charge in [-0.05, 0) is 39.2 Å². The normalized spacial score (nSPS) is 11.5. The average Bonchev–Trinajstić information content (AvgIpc) is 2.77. The van der Waals surface area contributed by atoms with Gasteiger partial charge in [-0.3, -0.25) is 0 Å².